The predicted octanol–water partition coefficient (Wildman–Crippen LogP) is 3.33. The largest absolute Gasteiger partial charge is 0.493 e. The molecule has 1 heterocycles. The van der Waals surface area contributed by atoms with E-state index >= 15 is 0 Å². The highest BCUT2D eigenvalue weighted by Gasteiger charge is 2.30. The van der Waals surface area contributed by atoms with Gasteiger partial charge in [0.15, 0.2) is 11.5 Å². The van der Waals surface area contributed by atoms with Crippen LogP contribution < -0.4 is 9.47 Å². The molecular weight excluding hydrogens is 288 g/mol. The van der Waals surface area contributed by atoms with Gasteiger partial charge in [-0.1, -0.05) is 26.0 Å². The van der Waals surface area contributed by atoms with E-state index in [9.17, 15) is 4.79 Å². The van der Waals surface area contributed by atoms with Crippen LogP contribution in [0.2, 0.25) is 0 Å². The molecule has 0 amide bonds. The lowest BCUT2D eigenvalue weighted by atomic mass is 9.81. The molecule has 0 aliphatic carbocycles. The Labute approximate surface area is 129 Å². The van der Waals surface area contributed by atoms with Crippen LogP contribution in [-0.4, -0.2) is 35.8 Å². The Morgan fingerprint density at radius 1 is 1.48 bits per heavy atom. The van der Waals surface area contributed by atoms with E-state index in [1.165, 1.54) is 0 Å². The summed E-state index contributed by atoms with van der Waals surface area (Å²) < 4.78 is 11.6. The fourth-order valence-electron chi connectivity index (χ4n) is 2.61. The summed E-state index contributed by atoms with van der Waals surface area (Å²) in [7, 11) is 1.60. The van der Waals surface area contributed by atoms with Crippen molar-refractivity contribution in [3.63, 3.8) is 0 Å². The van der Waals surface area contributed by atoms with Gasteiger partial charge >= 0.3 is 5.97 Å². The van der Waals surface area contributed by atoms with Crippen LogP contribution >= 0.6 is 11.8 Å². The molecule has 1 aromatic rings. The molecule has 1 N–H and O–H groups in total. The summed E-state index contributed by atoms with van der Waals surface area (Å²) in [5.74, 6) is 2.66. The Kier molecular flexibility index (Phi) is 5.04. The molecule has 0 spiro atoms. The second kappa shape index (κ2) is 6.60. The van der Waals surface area contributed by atoms with Crippen molar-refractivity contribution in [2.24, 2.45) is 0 Å². The third-order valence-electron chi connectivity index (χ3n) is 3.69. The van der Waals surface area contributed by atoms with Crippen molar-refractivity contribution >= 4 is 17.7 Å². The van der Waals surface area contributed by atoms with Crippen molar-refractivity contribution in [3.8, 4) is 11.5 Å². The van der Waals surface area contributed by atoms with E-state index in [1.807, 2.05) is 43.8 Å². The van der Waals surface area contributed by atoms with Crippen LogP contribution in [0.15, 0.2) is 18.2 Å². The van der Waals surface area contributed by atoms with Gasteiger partial charge in [0.05, 0.1) is 13.5 Å². The van der Waals surface area contributed by atoms with Crippen LogP contribution in [0.5, 0.6) is 11.5 Å². The van der Waals surface area contributed by atoms with Gasteiger partial charge in [-0.25, -0.2) is 0 Å². The molecule has 0 radical (unpaired) electrons. The van der Waals surface area contributed by atoms with Crippen molar-refractivity contribution in [3.05, 3.63) is 23.8 Å². The zero-order valence-electron chi connectivity index (χ0n) is 12.7. The second-order valence-corrected chi connectivity index (χ2v) is 7.04. The Hall–Kier alpha value is -1.36. The number of benzene rings is 1. The van der Waals surface area contributed by atoms with Gasteiger partial charge < -0.3 is 14.6 Å². The number of carbonyl (C=O) groups is 1. The van der Waals surface area contributed by atoms with E-state index in [2.05, 4.69) is 0 Å². The minimum atomic E-state index is -0.819. The number of methoxy groups -OCH3 is 1. The normalized spacial score (nSPS) is 18.5. The maximum atomic E-state index is 11.1. The zero-order chi connectivity index (χ0) is 15.5. The summed E-state index contributed by atoms with van der Waals surface area (Å²) in [5, 5.41) is 9.10. The molecule has 1 atom stereocenters. The first-order valence-corrected chi connectivity index (χ1v) is 8.23. The van der Waals surface area contributed by atoms with Crippen LogP contribution in [0.1, 0.15) is 32.3 Å². The van der Waals surface area contributed by atoms with Crippen molar-refractivity contribution in [1.82, 2.24) is 0 Å². The lowest BCUT2D eigenvalue weighted by molar-refractivity contribution is -0.138. The lowest BCUT2D eigenvalue weighted by Crippen LogP contribution is -2.23. The summed E-state index contributed by atoms with van der Waals surface area (Å²) in [5.41, 5.74) is 0.358. The molecule has 21 heavy (non-hydrogen) atoms. The highest BCUT2D eigenvalue weighted by atomic mass is 32.2. The molecule has 0 saturated carbocycles. The molecule has 1 saturated heterocycles. The zero-order valence-corrected chi connectivity index (χ0v) is 13.5. The number of thioether (sulfide) groups is 1. The predicted molar refractivity (Wildman–Crippen MR) is 84.6 cm³/mol. The Bertz CT molecular complexity index is 507. The van der Waals surface area contributed by atoms with Crippen LogP contribution in [0.4, 0.5) is 0 Å². The van der Waals surface area contributed by atoms with Crippen molar-refractivity contribution in [2.45, 2.75) is 38.2 Å². The van der Waals surface area contributed by atoms with Crippen molar-refractivity contribution < 1.29 is 19.4 Å². The molecule has 1 aliphatic rings. The average molecular weight is 310 g/mol. The molecule has 1 aromatic carbocycles. The summed E-state index contributed by atoms with van der Waals surface area (Å²) >= 11 is 1.89. The van der Waals surface area contributed by atoms with E-state index in [0.29, 0.717) is 11.5 Å². The van der Waals surface area contributed by atoms with E-state index < -0.39 is 11.4 Å². The van der Waals surface area contributed by atoms with Crippen LogP contribution in [0, 0.1) is 0 Å². The molecule has 1 unspecified atom stereocenters. The Morgan fingerprint density at radius 2 is 2.24 bits per heavy atom. The number of carboxylic acid groups (broad SMARTS) is 1. The fourth-order valence-corrected chi connectivity index (χ4v) is 3.70. The van der Waals surface area contributed by atoms with Gasteiger partial charge in [0, 0.05) is 16.7 Å². The number of hydrogen-bond acceptors (Lipinski definition) is 4. The molecule has 1 fully saturated rings. The molecular formula is C16H22O4S. The van der Waals surface area contributed by atoms with Gasteiger partial charge in [-0.15, -0.1) is 0 Å². The smallest absolute Gasteiger partial charge is 0.304 e. The average Bonchev–Trinajstić information content (AvgIpc) is 2.90. The monoisotopic (exact) mass is 310 g/mol. The number of ether oxygens (including phenoxy) is 2. The number of rotatable bonds is 6. The molecule has 1 aliphatic heterocycles. The molecule has 0 bridgehead atoms. The molecule has 2 rings (SSSR count). The number of aliphatic carboxylic acids is 1. The maximum Gasteiger partial charge on any atom is 0.304 e. The van der Waals surface area contributed by atoms with Gasteiger partial charge in [0.1, 0.15) is 6.10 Å². The topological polar surface area (TPSA) is 55.8 Å². The summed E-state index contributed by atoms with van der Waals surface area (Å²) in [6.07, 6.45) is 1.30. The quantitative estimate of drug-likeness (QED) is 0.873. The summed E-state index contributed by atoms with van der Waals surface area (Å²) in [6, 6.07) is 5.71. The van der Waals surface area contributed by atoms with Crippen LogP contribution in [-0.2, 0) is 10.2 Å². The number of para-hydroxylation sites is 1. The lowest BCUT2D eigenvalue weighted by Gasteiger charge is -2.27. The van der Waals surface area contributed by atoms with E-state index in [0.717, 1.165) is 23.5 Å². The standard InChI is InChI=1S/C16H22O4S/c1-16(2,9-14(17)18)12-5-4-6-13(15(12)19-3)20-11-7-8-21-10-11/h4-6,11H,7-10H2,1-3H3,(H,17,18). The highest BCUT2D eigenvalue weighted by Crippen LogP contribution is 2.41. The number of carboxylic acids is 1. The van der Waals surface area contributed by atoms with Crippen LogP contribution in [0.25, 0.3) is 0 Å². The first-order chi connectivity index (χ1) is 9.94. The van der Waals surface area contributed by atoms with E-state index in [4.69, 9.17) is 14.6 Å². The fraction of sp³-hybridized carbons (Fsp3) is 0.562. The minimum Gasteiger partial charge on any atom is -0.493 e. The van der Waals surface area contributed by atoms with Gasteiger partial charge in [0.25, 0.3) is 0 Å². The van der Waals surface area contributed by atoms with E-state index in [-0.39, 0.29) is 12.5 Å². The second-order valence-electron chi connectivity index (χ2n) is 5.89. The van der Waals surface area contributed by atoms with Crippen molar-refractivity contribution in [1.29, 1.82) is 0 Å². The molecule has 4 nitrogen and oxygen atoms in total. The van der Waals surface area contributed by atoms with Gasteiger partial charge in [-0.3, -0.25) is 4.79 Å². The molecule has 0 aromatic heterocycles. The van der Waals surface area contributed by atoms with Gasteiger partial charge in [0.2, 0.25) is 0 Å². The molecule has 116 valence electrons. The third-order valence-corrected chi connectivity index (χ3v) is 4.82. The first kappa shape index (κ1) is 16.0. The maximum absolute atomic E-state index is 11.1. The highest BCUT2D eigenvalue weighted by molar-refractivity contribution is 7.99. The Balaban J connectivity index is 2.31. The SMILES string of the molecule is COc1c(OC2CCSC2)cccc1C(C)(C)CC(=O)O. The third kappa shape index (κ3) is 3.84. The van der Waals surface area contributed by atoms with Crippen LogP contribution in [0.3, 0.4) is 0 Å². The van der Waals surface area contributed by atoms with E-state index in [1.54, 1.807) is 7.11 Å². The van der Waals surface area contributed by atoms with Crippen molar-refractivity contribution in [2.75, 3.05) is 18.6 Å². The summed E-state index contributed by atoms with van der Waals surface area (Å²) in [6.45, 7) is 3.82. The minimum absolute atomic E-state index is 0.0477. The molecule has 5 heteroatoms. The summed E-state index contributed by atoms with van der Waals surface area (Å²) in [4.78, 5) is 11.1. The Morgan fingerprint density at radius 3 is 2.81 bits per heavy atom. The van der Waals surface area contributed by atoms with Gasteiger partial charge in [-0.05, 0) is 18.2 Å². The number of hydrogen-bond donors (Lipinski definition) is 1. The first-order valence-electron chi connectivity index (χ1n) is 7.07. The van der Waals surface area contributed by atoms with Gasteiger partial charge in [-0.2, -0.15) is 11.8 Å².